The zero-order valence-electron chi connectivity index (χ0n) is 10.5. The molecule has 4 nitrogen and oxygen atoms in total. The Balaban J connectivity index is 2.31. The molecule has 0 aromatic carbocycles. The molecule has 0 amide bonds. The minimum Gasteiger partial charge on any atom is -0.271 e. The van der Waals surface area contributed by atoms with Crippen LogP contribution in [0.25, 0.3) is 0 Å². The highest BCUT2D eigenvalue weighted by Crippen LogP contribution is 2.28. The number of hydrazine groups is 1. The Labute approximate surface area is 109 Å². The molecule has 1 fully saturated rings. The van der Waals surface area contributed by atoms with Crippen molar-refractivity contribution in [2.45, 2.75) is 50.3 Å². The van der Waals surface area contributed by atoms with Crippen molar-refractivity contribution in [3.8, 4) is 0 Å². The predicted molar refractivity (Wildman–Crippen MR) is 74.8 cm³/mol. The highest BCUT2D eigenvalue weighted by atomic mass is 32.2. The van der Waals surface area contributed by atoms with Gasteiger partial charge in [0.1, 0.15) is 9.84 Å². The lowest BCUT2D eigenvalue weighted by Gasteiger charge is -2.29. The molecule has 0 bridgehead atoms. The van der Waals surface area contributed by atoms with Crippen molar-refractivity contribution in [1.82, 2.24) is 5.43 Å². The van der Waals surface area contributed by atoms with E-state index in [2.05, 4.69) is 5.43 Å². The number of hydrogen-bond acceptors (Lipinski definition) is 5. The Kier molecular flexibility index (Phi) is 6.84. The summed E-state index contributed by atoms with van der Waals surface area (Å²) in [5.41, 5.74) is 2.86. The summed E-state index contributed by atoms with van der Waals surface area (Å²) in [5, 5.41) is 0.554. The standard InChI is InChI=1S/C11H24N2O2S2/c1-2-17(14,15)9-5-6-10(13-12)11-7-3-4-8-16-11/h10-11,13H,2-9,12H2,1H3. The van der Waals surface area contributed by atoms with E-state index < -0.39 is 9.84 Å². The zero-order chi connectivity index (χ0) is 12.7. The van der Waals surface area contributed by atoms with E-state index in [9.17, 15) is 8.42 Å². The molecule has 1 saturated heterocycles. The molecule has 17 heavy (non-hydrogen) atoms. The molecule has 1 rings (SSSR count). The summed E-state index contributed by atoms with van der Waals surface area (Å²) in [6.07, 6.45) is 5.32. The number of rotatable bonds is 7. The van der Waals surface area contributed by atoms with E-state index >= 15 is 0 Å². The maximum absolute atomic E-state index is 11.4. The van der Waals surface area contributed by atoms with E-state index in [1.807, 2.05) is 11.8 Å². The van der Waals surface area contributed by atoms with Gasteiger partial charge < -0.3 is 0 Å². The molecule has 1 aliphatic heterocycles. The summed E-state index contributed by atoms with van der Waals surface area (Å²) in [6.45, 7) is 1.70. The van der Waals surface area contributed by atoms with Crippen molar-refractivity contribution in [2.24, 2.45) is 5.84 Å². The van der Waals surface area contributed by atoms with E-state index in [1.54, 1.807) is 6.92 Å². The molecule has 1 heterocycles. The zero-order valence-corrected chi connectivity index (χ0v) is 12.2. The van der Waals surface area contributed by atoms with Gasteiger partial charge in [0.25, 0.3) is 0 Å². The molecule has 0 aromatic heterocycles. The molecule has 102 valence electrons. The normalized spacial score (nSPS) is 23.5. The second kappa shape index (κ2) is 7.61. The second-order valence-electron chi connectivity index (χ2n) is 4.56. The van der Waals surface area contributed by atoms with Gasteiger partial charge in [-0.05, 0) is 31.4 Å². The average molecular weight is 280 g/mol. The van der Waals surface area contributed by atoms with Gasteiger partial charge in [-0.2, -0.15) is 11.8 Å². The molecule has 0 aliphatic carbocycles. The molecule has 0 saturated carbocycles. The van der Waals surface area contributed by atoms with Crippen LogP contribution in [0.15, 0.2) is 0 Å². The van der Waals surface area contributed by atoms with Gasteiger partial charge in [-0.1, -0.05) is 13.3 Å². The third-order valence-corrected chi connectivity index (χ3v) is 6.60. The molecule has 6 heteroatoms. The Hall–Kier alpha value is 0.220. The topological polar surface area (TPSA) is 72.2 Å². The summed E-state index contributed by atoms with van der Waals surface area (Å²) in [7, 11) is -2.83. The summed E-state index contributed by atoms with van der Waals surface area (Å²) in [5.74, 6) is 7.31. The van der Waals surface area contributed by atoms with Gasteiger partial charge in [0, 0.05) is 17.0 Å². The van der Waals surface area contributed by atoms with Gasteiger partial charge in [0.2, 0.25) is 0 Å². The predicted octanol–water partition coefficient (Wildman–Crippen LogP) is 1.32. The van der Waals surface area contributed by atoms with E-state index in [0.29, 0.717) is 17.4 Å². The molecule has 3 N–H and O–H groups in total. The minimum absolute atomic E-state index is 0.242. The van der Waals surface area contributed by atoms with Crippen LogP contribution in [0.4, 0.5) is 0 Å². The molecular formula is C11H24N2O2S2. The van der Waals surface area contributed by atoms with Gasteiger partial charge in [0.15, 0.2) is 0 Å². The van der Waals surface area contributed by atoms with E-state index in [-0.39, 0.29) is 11.8 Å². The fourth-order valence-corrected chi connectivity index (χ4v) is 4.48. The van der Waals surface area contributed by atoms with Crippen LogP contribution >= 0.6 is 11.8 Å². The Morgan fingerprint density at radius 3 is 2.76 bits per heavy atom. The maximum atomic E-state index is 11.4. The molecule has 1 aliphatic rings. The van der Waals surface area contributed by atoms with Gasteiger partial charge >= 0.3 is 0 Å². The van der Waals surface area contributed by atoms with Crippen LogP contribution in [0.3, 0.4) is 0 Å². The van der Waals surface area contributed by atoms with E-state index in [4.69, 9.17) is 5.84 Å². The van der Waals surface area contributed by atoms with Crippen LogP contribution in [0.2, 0.25) is 0 Å². The fraction of sp³-hybridized carbons (Fsp3) is 1.00. The van der Waals surface area contributed by atoms with Crippen molar-refractivity contribution >= 4 is 21.6 Å². The lowest BCUT2D eigenvalue weighted by Crippen LogP contribution is -2.43. The molecular weight excluding hydrogens is 256 g/mol. The first-order valence-electron chi connectivity index (χ1n) is 6.37. The Morgan fingerprint density at radius 2 is 2.24 bits per heavy atom. The molecule has 0 spiro atoms. The van der Waals surface area contributed by atoms with Crippen LogP contribution in [0, 0.1) is 0 Å². The number of thioether (sulfide) groups is 1. The van der Waals surface area contributed by atoms with Crippen LogP contribution < -0.4 is 11.3 Å². The van der Waals surface area contributed by atoms with Crippen molar-refractivity contribution in [3.63, 3.8) is 0 Å². The van der Waals surface area contributed by atoms with Crippen LogP contribution in [-0.2, 0) is 9.84 Å². The SMILES string of the molecule is CCS(=O)(=O)CCCC(NN)C1CCCCS1. The van der Waals surface area contributed by atoms with E-state index in [1.165, 1.54) is 25.0 Å². The molecule has 0 aromatic rings. The number of nitrogens with one attached hydrogen (secondary N) is 1. The van der Waals surface area contributed by atoms with Crippen molar-refractivity contribution in [2.75, 3.05) is 17.3 Å². The summed E-state index contributed by atoms with van der Waals surface area (Å²) < 4.78 is 22.8. The monoisotopic (exact) mass is 280 g/mol. The third kappa shape index (κ3) is 5.59. The first-order valence-corrected chi connectivity index (χ1v) is 9.24. The number of sulfone groups is 1. The average Bonchev–Trinajstić information content (AvgIpc) is 2.36. The molecule has 2 unspecified atom stereocenters. The number of nitrogens with two attached hydrogens (primary N) is 1. The molecule has 0 radical (unpaired) electrons. The van der Waals surface area contributed by atoms with Gasteiger partial charge in [-0.3, -0.25) is 11.3 Å². The minimum atomic E-state index is -2.83. The van der Waals surface area contributed by atoms with Crippen LogP contribution in [-0.4, -0.2) is 37.0 Å². The number of hydrogen-bond donors (Lipinski definition) is 2. The van der Waals surface area contributed by atoms with Crippen molar-refractivity contribution in [1.29, 1.82) is 0 Å². The quantitative estimate of drug-likeness (QED) is 0.543. The van der Waals surface area contributed by atoms with Gasteiger partial charge in [-0.15, -0.1) is 0 Å². The first kappa shape index (κ1) is 15.3. The lowest BCUT2D eigenvalue weighted by molar-refractivity contribution is 0.444. The van der Waals surface area contributed by atoms with Crippen LogP contribution in [0.1, 0.15) is 39.0 Å². The highest BCUT2D eigenvalue weighted by molar-refractivity contribution is 8.00. The largest absolute Gasteiger partial charge is 0.271 e. The second-order valence-corrected chi connectivity index (χ2v) is 8.38. The van der Waals surface area contributed by atoms with Crippen molar-refractivity contribution < 1.29 is 8.42 Å². The fourth-order valence-electron chi connectivity index (χ4n) is 2.13. The van der Waals surface area contributed by atoms with Crippen molar-refractivity contribution in [3.05, 3.63) is 0 Å². The van der Waals surface area contributed by atoms with Gasteiger partial charge in [0.05, 0.1) is 5.75 Å². The summed E-state index contributed by atoms with van der Waals surface area (Å²) in [6, 6.07) is 0.257. The lowest BCUT2D eigenvalue weighted by atomic mass is 10.0. The van der Waals surface area contributed by atoms with Crippen LogP contribution in [0.5, 0.6) is 0 Å². The summed E-state index contributed by atoms with van der Waals surface area (Å²) >= 11 is 1.97. The van der Waals surface area contributed by atoms with Gasteiger partial charge in [-0.25, -0.2) is 8.42 Å². The smallest absolute Gasteiger partial charge is 0.150 e. The molecule has 2 atom stereocenters. The summed E-state index contributed by atoms with van der Waals surface area (Å²) in [4.78, 5) is 0. The first-order chi connectivity index (χ1) is 8.09. The van der Waals surface area contributed by atoms with E-state index in [0.717, 1.165) is 6.42 Å². The Bertz CT molecular complexity index is 301. The maximum Gasteiger partial charge on any atom is 0.150 e. The highest BCUT2D eigenvalue weighted by Gasteiger charge is 2.23. The Morgan fingerprint density at radius 1 is 1.47 bits per heavy atom. The third-order valence-electron chi connectivity index (χ3n) is 3.29.